The minimum Gasteiger partial charge on any atom is -0.504 e. The van der Waals surface area contributed by atoms with Gasteiger partial charge in [0.05, 0.1) is 12.6 Å². The Morgan fingerprint density at radius 3 is 2.29 bits per heavy atom. The Morgan fingerprint density at radius 2 is 1.71 bits per heavy atom. The van der Waals surface area contributed by atoms with E-state index in [0.717, 1.165) is 11.1 Å². The molecule has 28 heavy (non-hydrogen) atoms. The Balaban J connectivity index is 1.81. The van der Waals surface area contributed by atoms with Crippen LogP contribution < -0.4 is 5.32 Å². The number of carbonyl (C=O) groups excluding carboxylic acids is 1. The molecule has 0 aliphatic rings. The first kappa shape index (κ1) is 19.3. The van der Waals surface area contributed by atoms with E-state index in [-0.39, 0.29) is 11.8 Å². The van der Waals surface area contributed by atoms with Crippen molar-refractivity contribution in [1.82, 2.24) is 10.3 Å². The molecule has 0 saturated heterocycles. The molecule has 0 unspecified atom stereocenters. The fraction of sp³-hybridized carbons (Fsp3) is 0.130. The lowest BCUT2D eigenvalue weighted by Crippen LogP contribution is -2.22. The molecule has 3 rings (SSSR count). The van der Waals surface area contributed by atoms with Gasteiger partial charge < -0.3 is 9.52 Å². The van der Waals surface area contributed by atoms with Gasteiger partial charge in [-0.1, -0.05) is 66.7 Å². The van der Waals surface area contributed by atoms with E-state index in [9.17, 15) is 9.90 Å². The fourth-order valence-corrected chi connectivity index (χ4v) is 2.88. The molecule has 1 aromatic heterocycles. The summed E-state index contributed by atoms with van der Waals surface area (Å²) >= 11 is 0. The highest BCUT2D eigenvalue weighted by atomic mass is 16.3. The number of allylic oxidation sites excluding steroid dienone is 2. The smallest absolute Gasteiger partial charge is 0.219 e. The van der Waals surface area contributed by atoms with Gasteiger partial charge in [-0.3, -0.25) is 10.1 Å². The number of benzene rings is 2. The summed E-state index contributed by atoms with van der Waals surface area (Å²) in [7, 11) is 0. The average molecular weight is 374 g/mol. The maximum absolute atomic E-state index is 11.7. The lowest BCUT2D eigenvalue weighted by atomic mass is 9.98. The molecule has 3 aromatic rings. The van der Waals surface area contributed by atoms with Crippen LogP contribution in [0.1, 0.15) is 35.5 Å². The highest BCUT2D eigenvalue weighted by Crippen LogP contribution is 2.23. The molecule has 2 aromatic carbocycles. The number of hydrogen-bond acceptors (Lipinski definition) is 5. The van der Waals surface area contributed by atoms with Crippen molar-refractivity contribution in [2.24, 2.45) is 0 Å². The lowest BCUT2D eigenvalue weighted by Gasteiger charge is -2.19. The summed E-state index contributed by atoms with van der Waals surface area (Å²) in [6.07, 6.45) is 5.49. The second kappa shape index (κ2) is 9.48. The number of oxazole rings is 1. The number of aliphatic hydroxyl groups excluding tert-OH is 1. The van der Waals surface area contributed by atoms with Gasteiger partial charge in [-0.2, -0.15) is 0 Å². The molecule has 0 radical (unpaired) electrons. The van der Waals surface area contributed by atoms with Crippen molar-refractivity contribution in [3.8, 4) is 0 Å². The first-order chi connectivity index (χ1) is 13.7. The van der Waals surface area contributed by atoms with Gasteiger partial charge in [-0.15, -0.1) is 0 Å². The molecule has 0 amide bonds. The van der Waals surface area contributed by atoms with E-state index < -0.39 is 5.78 Å². The number of hydrogen-bond donors (Lipinski definition) is 2. The molecule has 0 aliphatic carbocycles. The third-order valence-corrected chi connectivity index (χ3v) is 4.25. The molecule has 0 aliphatic heterocycles. The van der Waals surface area contributed by atoms with Crippen LogP contribution in [0.3, 0.4) is 0 Å². The Morgan fingerprint density at radius 1 is 1.11 bits per heavy atom. The number of nitrogens with zero attached hydrogens (tertiary/aromatic N) is 1. The SMILES string of the molecule is C/C=C\C(=O)/C(O)=C/c1ncoc1CNC(c1ccccc1)c1ccccc1. The van der Waals surface area contributed by atoms with Gasteiger partial charge >= 0.3 is 0 Å². The summed E-state index contributed by atoms with van der Waals surface area (Å²) in [6.45, 7) is 2.09. The quantitative estimate of drug-likeness (QED) is 0.445. The average Bonchev–Trinajstić information content (AvgIpc) is 3.17. The molecule has 142 valence electrons. The van der Waals surface area contributed by atoms with Crippen LogP contribution in [0, 0.1) is 0 Å². The molecule has 5 heteroatoms. The van der Waals surface area contributed by atoms with Crippen molar-refractivity contribution in [2.45, 2.75) is 19.5 Å². The molecule has 0 bridgehead atoms. The molecule has 0 saturated carbocycles. The van der Waals surface area contributed by atoms with Crippen molar-refractivity contribution >= 4 is 11.9 Å². The topological polar surface area (TPSA) is 75.4 Å². The van der Waals surface area contributed by atoms with Crippen LogP contribution in [0.4, 0.5) is 0 Å². The summed E-state index contributed by atoms with van der Waals surface area (Å²) < 4.78 is 5.47. The Kier molecular flexibility index (Phi) is 6.54. The molecule has 2 N–H and O–H groups in total. The summed E-state index contributed by atoms with van der Waals surface area (Å²) in [5, 5.41) is 13.4. The van der Waals surface area contributed by atoms with Crippen LogP contribution in [0.2, 0.25) is 0 Å². The van der Waals surface area contributed by atoms with Crippen molar-refractivity contribution in [2.75, 3.05) is 0 Å². The van der Waals surface area contributed by atoms with Crippen LogP contribution in [0.5, 0.6) is 0 Å². The van der Waals surface area contributed by atoms with Gasteiger partial charge in [0.15, 0.2) is 12.2 Å². The minimum absolute atomic E-state index is 0.0393. The van der Waals surface area contributed by atoms with Crippen LogP contribution in [-0.4, -0.2) is 15.9 Å². The molecule has 5 nitrogen and oxygen atoms in total. The second-order valence-corrected chi connectivity index (χ2v) is 6.19. The van der Waals surface area contributed by atoms with Gasteiger partial charge in [-0.25, -0.2) is 4.98 Å². The van der Waals surface area contributed by atoms with Crippen LogP contribution in [-0.2, 0) is 11.3 Å². The first-order valence-corrected chi connectivity index (χ1v) is 9.02. The normalized spacial score (nSPS) is 12.0. The zero-order valence-electron chi connectivity index (χ0n) is 15.6. The van der Waals surface area contributed by atoms with E-state index in [1.807, 2.05) is 36.4 Å². The number of ketones is 1. The Bertz CT molecular complexity index is 920. The van der Waals surface area contributed by atoms with Crippen molar-refractivity contribution in [3.63, 3.8) is 0 Å². The van der Waals surface area contributed by atoms with Gasteiger partial charge in [0.1, 0.15) is 11.5 Å². The molecular weight excluding hydrogens is 352 g/mol. The summed E-state index contributed by atoms with van der Waals surface area (Å²) in [5.74, 6) is -0.316. The van der Waals surface area contributed by atoms with Gasteiger partial charge in [0, 0.05) is 6.08 Å². The monoisotopic (exact) mass is 374 g/mol. The van der Waals surface area contributed by atoms with Gasteiger partial charge in [0.25, 0.3) is 0 Å². The number of rotatable bonds is 8. The largest absolute Gasteiger partial charge is 0.504 e. The number of aromatic nitrogens is 1. The summed E-state index contributed by atoms with van der Waals surface area (Å²) in [4.78, 5) is 15.8. The highest BCUT2D eigenvalue weighted by Gasteiger charge is 2.16. The van der Waals surface area contributed by atoms with E-state index >= 15 is 0 Å². The van der Waals surface area contributed by atoms with E-state index in [0.29, 0.717) is 18.0 Å². The maximum Gasteiger partial charge on any atom is 0.219 e. The second-order valence-electron chi connectivity index (χ2n) is 6.19. The Labute approximate surface area is 164 Å². The number of aliphatic hydroxyl groups is 1. The number of nitrogens with one attached hydrogen (secondary N) is 1. The van der Waals surface area contributed by atoms with E-state index in [1.165, 1.54) is 18.5 Å². The fourth-order valence-electron chi connectivity index (χ4n) is 2.88. The highest BCUT2D eigenvalue weighted by molar-refractivity contribution is 6.04. The predicted molar refractivity (Wildman–Crippen MR) is 108 cm³/mol. The summed E-state index contributed by atoms with van der Waals surface area (Å²) in [6, 6.07) is 20.2. The van der Waals surface area contributed by atoms with Crippen LogP contribution in [0.15, 0.2) is 89.4 Å². The third kappa shape index (κ3) is 4.84. The predicted octanol–water partition coefficient (Wildman–Crippen LogP) is 4.60. The van der Waals surface area contributed by atoms with E-state index in [2.05, 4.69) is 34.6 Å². The maximum atomic E-state index is 11.7. The van der Waals surface area contributed by atoms with Crippen LogP contribution >= 0.6 is 0 Å². The Hall–Kier alpha value is -3.44. The molecular formula is C23H22N2O3. The molecule has 0 fully saturated rings. The minimum atomic E-state index is -0.476. The standard InChI is InChI=1S/C23H22N2O3/c1-2-9-20(26)21(27)14-19-22(28-16-25-19)15-24-23(17-10-5-3-6-11-17)18-12-7-4-8-13-18/h2-14,16,23-24,27H,15H2,1H3/b9-2-,21-14-. The van der Waals surface area contributed by atoms with Crippen LogP contribution in [0.25, 0.3) is 6.08 Å². The van der Waals surface area contributed by atoms with E-state index in [1.54, 1.807) is 13.0 Å². The molecule has 1 heterocycles. The third-order valence-electron chi connectivity index (χ3n) is 4.25. The zero-order chi connectivity index (χ0) is 19.8. The lowest BCUT2D eigenvalue weighted by molar-refractivity contribution is -0.113. The first-order valence-electron chi connectivity index (χ1n) is 9.02. The molecule has 0 spiro atoms. The van der Waals surface area contributed by atoms with E-state index in [4.69, 9.17) is 4.42 Å². The number of carbonyl (C=O) groups is 1. The zero-order valence-corrected chi connectivity index (χ0v) is 15.6. The van der Waals surface area contributed by atoms with Gasteiger partial charge in [0.2, 0.25) is 5.78 Å². The van der Waals surface area contributed by atoms with Crippen molar-refractivity contribution < 1.29 is 14.3 Å². The van der Waals surface area contributed by atoms with Gasteiger partial charge in [-0.05, 0) is 24.1 Å². The molecule has 0 atom stereocenters. The van der Waals surface area contributed by atoms with Crippen molar-refractivity contribution in [3.05, 3.63) is 108 Å². The summed E-state index contributed by atoms with van der Waals surface area (Å²) in [5.41, 5.74) is 2.66. The van der Waals surface area contributed by atoms with Crippen molar-refractivity contribution in [1.29, 1.82) is 0 Å².